The number of ether oxygens (including phenoxy) is 2. The molecule has 0 saturated heterocycles. The Hall–Kier alpha value is -4.83. The highest BCUT2D eigenvalue weighted by Gasteiger charge is 2.44. The summed E-state index contributed by atoms with van der Waals surface area (Å²) in [7, 11) is 0. The minimum atomic E-state index is -0.503. The van der Waals surface area contributed by atoms with E-state index >= 15 is 0 Å². The normalized spacial score (nSPS) is 16.9. The predicted molar refractivity (Wildman–Crippen MR) is 171 cm³/mol. The topological polar surface area (TPSA) is 38.8 Å². The van der Waals surface area contributed by atoms with E-state index in [9.17, 15) is 4.79 Å². The van der Waals surface area contributed by atoms with Gasteiger partial charge in [-0.2, -0.15) is 0 Å². The second kappa shape index (κ2) is 11.1. The zero-order valence-electron chi connectivity index (χ0n) is 24.6. The average molecular weight is 566 g/mol. The number of aryl methyl sites for hydroxylation is 1. The molecule has 2 aliphatic rings. The van der Waals surface area contributed by atoms with E-state index in [1.165, 1.54) is 0 Å². The minimum absolute atomic E-state index is 0.0421. The SMILES string of the molecule is CC1(C)CCc2cc(C3C(=O)N(C(c4ccccc4)c4ccccc4)c4ccccc43)c(OCc3ccccc3)cc2O1. The van der Waals surface area contributed by atoms with Crippen molar-refractivity contribution in [3.8, 4) is 11.5 Å². The fraction of sp³-hybridized carbons (Fsp3) is 0.205. The monoisotopic (exact) mass is 565 g/mol. The summed E-state index contributed by atoms with van der Waals surface area (Å²) in [5.41, 5.74) is 6.88. The lowest BCUT2D eigenvalue weighted by Gasteiger charge is -2.34. The minimum Gasteiger partial charge on any atom is -0.488 e. The first-order valence-electron chi connectivity index (χ1n) is 15.0. The number of carbonyl (C=O) groups is 1. The zero-order valence-corrected chi connectivity index (χ0v) is 24.6. The van der Waals surface area contributed by atoms with E-state index in [1.54, 1.807) is 0 Å². The molecule has 2 heterocycles. The van der Waals surface area contributed by atoms with Crippen LogP contribution in [0.1, 0.15) is 65.6 Å². The van der Waals surface area contributed by atoms with Crippen LogP contribution in [-0.2, 0) is 17.8 Å². The zero-order chi connectivity index (χ0) is 29.4. The van der Waals surface area contributed by atoms with Crippen molar-refractivity contribution < 1.29 is 14.3 Å². The number of carbonyl (C=O) groups excluding carboxylic acids is 1. The molecular weight excluding hydrogens is 530 g/mol. The van der Waals surface area contributed by atoms with E-state index in [-0.39, 0.29) is 17.6 Å². The first-order chi connectivity index (χ1) is 21.0. The maximum atomic E-state index is 14.9. The highest BCUT2D eigenvalue weighted by atomic mass is 16.5. The third-order valence-corrected chi connectivity index (χ3v) is 8.60. The summed E-state index contributed by atoms with van der Waals surface area (Å²) in [6.07, 6.45) is 1.80. The third kappa shape index (κ3) is 5.18. The maximum Gasteiger partial charge on any atom is 0.240 e. The summed E-state index contributed by atoms with van der Waals surface area (Å²) in [4.78, 5) is 16.9. The van der Waals surface area contributed by atoms with Crippen LogP contribution >= 0.6 is 0 Å². The molecule has 0 aliphatic carbocycles. The number of hydrogen-bond acceptors (Lipinski definition) is 3. The molecule has 0 aromatic heterocycles. The lowest BCUT2D eigenvalue weighted by atomic mass is 9.87. The summed E-state index contributed by atoms with van der Waals surface area (Å²) >= 11 is 0. The number of anilines is 1. The van der Waals surface area contributed by atoms with Crippen LogP contribution in [0.5, 0.6) is 11.5 Å². The highest BCUT2D eigenvalue weighted by molar-refractivity contribution is 6.08. The van der Waals surface area contributed by atoms with Gasteiger partial charge < -0.3 is 9.47 Å². The van der Waals surface area contributed by atoms with Gasteiger partial charge in [-0.05, 0) is 66.6 Å². The Morgan fingerprint density at radius 3 is 2.07 bits per heavy atom. The van der Waals surface area contributed by atoms with E-state index in [1.807, 2.05) is 77.7 Å². The van der Waals surface area contributed by atoms with Crippen LogP contribution in [0.4, 0.5) is 5.69 Å². The first-order valence-corrected chi connectivity index (χ1v) is 15.0. The Bertz CT molecular complexity index is 1710. The molecule has 0 spiro atoms. The number of hydrogen-bond donors (Lipinski definition) is 0. The number of rotatable bonds is 7. The molecular formula is C39H35NO3. The van der Waals surface area contributed by atoms with Gasteiger partial charge in [0.15, 0.2) is 0 Å². The number of amides is 1. The maximum absolute atomic E-state index is 14.9. The van der Waals surface area contributed by atoms with E-state index in [0.717, 1.165) is 57.7 Å². The van der Waals surface area contributed by atoms with Gasteiger partial charge in [0.05, 0.1) is 12.0 Å². The Labute approximate surface area is 253 Å². The number of nitrogens with zero attached hydrogens (tertiary/aromatic N) is 1. The molecule has 1 atom stereocenters. The van der Waals surface area contributed by atoms with Crippen molar-refractivity contribution in [2.75, 3.05) is 4.90 Å². The van der Waals surface area contributed by atoms with Crippen molar-refractivity contribution >= 4 is 11.6 Å². The standard InChI is InChI=1S/C39H35NO3/c1-39(2)23-22-30-24-32(35(25-34(30)43-39)42-26-27-14-6-3-7-15-27)36-31-20-12-13-21-33(31)40(38(36)41)37(28-16-8-4-9-17-28)29-18-10-5-11-19-29/h3-21,24-25,36-37H,22-23,26H2,1-2H3. The van der Waals surface area contributed by atoms with Gasteiger partial charge in [-0.25, -0.2) is 0 Å². The summed E-state index contributed by atoms with van der Waals surface area (Å²) < 4.78 is 13.0. The van der Waals surface area contributed by atoms with Crippen molar-refractivity contribution in [3.63, 3.8) is 0 Å². The molecule has 43 heavy (non-hydrogen) atoms. The van der Waals surface area contributed by atoms with Crippen molar-refractivity contribution in [3.05, 3.63) is 161 Å². The molecule has 1 unspecified atom stereocenters. The molecule has 0 N–H and O–H groups in total. The van der Waals surface area contributed by atoms with Crippen LogP contribution < -0.4 is 14.4 Å². The van der Waals surface area contributed by atoms with Crippen molar-refractivity contribution in [2.24, 2.45) is 0 Å². The molecule has 0 fully saturated rings. The van der Waals surface area contributed by atoms with Gasteiger partial charge in [-0.3, -0.25) is 9.69 Å². The number of fused-ring (bicyclic) bond motifs is 2. The quantitative estimate of drug-likeness (QED) is 0.198. The van der Waals surface area contributed by atoms with Gasteiger partial charge in [0, 0.05) is 17.3 Å². The first kappa shape index (κ1) is 27.0. The second-order valence-electron chi connectivity index (χ2n) is 12.1. The Balaban J connectivity index is 1.36. The Morgan fingerprint density at radius 2 is 1.40 bits per heavy atom. The molecule has 2 aliphatic heterocycles. The fourth-order valence-electron chi connectivity index (χ4n) is 6.46. The molecule has 0 saturated carbocycles. The number of para-hydroxylation sites is 1. The lowest BCUT2D eigenvalue weighted by molar-refractivity contribution is -0.118. The largest absolute Gasteiger partial charge is 0.488 e. The third-order valence-electron chi connectivity index (χ3n) is 8.60. The molecule has 5 aromatic rings. The molecule has 4 heteroatoms. The predicted octanol–water partition coefficient (Wildman–Crippen LogP) is 8.64. The highest BCUT2D eigenvalue weighted by Crippen LogP contribution is 2.50. The van der Waals surface area contributed by atoms with Crippen LogP contribution in [0.2, 0.25) is 0 Å². The van der Waals surface area contributed by atoms with Crippen LogP contribution in [0.3, 0.4) is 0 Å². The number of benzene rings is 5. The second-order valence-corrected chi connectivity index (χ2v) is 12.1. The van der Waals surface area contributed by atoms with Crippen LogP contribution in [-0.4, -0.2) is 11.5 Å². The summed E-state index contributed by atoms with van der Waals surface area (Å²) in [6, 6.07) is 42.8. The van der Waals surface area contributed by atoms with E-state index < -0.39 is 5.92 Å². The summed E-state index contributed by atoms with van der Waals surface area (Å²) in [5.74, 6) is 1.06. The molecule has 4 nitrogen and oxygen atoms in total. The molecule has 1 amide bonds. The van der Waals surface area contributed by atoms with E-state index in [4.69, 9.17) is 9.47 Å². The van der Waals surface area contributed by atoms with E-state index in [0.29, 0.717) is 12.4 Å². The lowest BCUT2D eigenvalue weighted by Crippen LogP contribution is -2.34. The Kier molecular flexibility index (Phi) is 6.98. The van der Waals surface area contributed by atoms with Crippen molar-refractivity contribution in [1.29, 1.82) is 0 Å². The van der Waals surface area contributed by atoms with Crippen LogP contribution in [0.15, 0.2) is 127 Å². The Morgan fingerprint density at radius 1 is 0.791 bits per heavy atom. The van der Waals surface area contributed by atoms with E-state index in [2.05, 4.69) is 68.4 Å². The molecule has 7 rings (SSSR count). The molecule has 214 valence electrons. The smallest absolute Gasteiger partial charge is 0.240 e. The van der Waals surface area contributed by atoms with Crippen molar-refractivity contribution in [1.82, 2.24) is 0 Å². The van der Waals surface area contributed by atoms with Gasteiger partial charge in [0.1, 0.15) is 23.7 Å². The van der Waals surface area contributed by atoms with Gasteiger partial charge in [0.25, 0.3) is 0 Å². The van der Waals surface area contributed by atoms with Gasteiger partial charge in [0.2, 0.25) is 5.91 Å². The van der Waals surface area contributed by atoms with Crippen LogP contribution in [0.25, 0.3) is 0 Å². The fourth-order valence-corrected chi connectivity index (χ4v) is 6.46. The van der Waals surface area contributed by atoms with Gasteiger partial charge >= 0.3 is 0 Å². The van der Waals surface area contributed by atoms with Crippen molar-refractivity contribution in [2.45, 2.75) is 50.9 Å². The average Bonchev–Trinajstić information content (AvgIpc) is 3.32. The van der Waals surface area contributed by atoms with Crippen LogP contribution in [0, 0.1) is 0 Å². The summed E-state index contributed by atoms with van der Waals surface area (Å²) in [5, 5.41) is 0. The molecule has 0 bridgehead atoms. The molecule has 5 aromatic carbocycles. The van der Waals surface area contributed by atoms with Gasteiger partial charge in [-0.15, -0.1) is 0 Å². The van der Waals surface area contributed by atoms with Gasteiger partial charge in [-0.1, -0.05) is 109 Å². The summed E-state index contributed by atoms with van der Waals surface area (Å²) in [6.45, 7) is 4.64. The molecule has 0 radical (unpaired) electrons.